The van der Waals surface area contributed by atoms with Crippen molar-refractivity contribution in [2.24, 2.45) is 0 Å². The van der Waals surface area contributed by atoms with Crippen LogP contribution in [0.4, 0.5) is 23.0 Å². The molecule has 122 valence electrons. The molecule has 3 aromatic rings. The summed E-state index contributed by atoms with van der Waals surface area (Å²) in [5, 5.41) is 6.52. The maximum atomic E-state index is 5.62. The van der Waals surface area contributed by atoms with Gasteiger partial charge in [-0.3, -0.25) is 0 Å². The van der Waals surface area contributed by atoms with Gasteiger partial charge in [0, 0.05) is 16.2 Å². The van der Waals surface area contributed by atoms with Gasteiger partial charge in [0.25, 0.3) is 0 Å². The molecule has 6 heteroatoms. The summed E-state index contributed by atoms with van der Waals surface area (Å²) in [6, 6.07) is 17.5. The van der Waals surface area contributed by atoms with Crippen molar-refractivity contribution >= 4 is 38.9 Å². The Morgan fingerprint density at radius 2 is 1.67 bits per heavy atom. The number of nitrogens with zero attached hydrogens (tertiary/aromatic N) is 2. The molecule has 0 bridgehead atoms. The molecule has 0 fully saturated rings. The summed E-state index contributed by atoms with van der Waals surface area (Å²) < 4.78 is 6.65. The Morgan fingerprint density at radius 1 is 0.958 bits per heavy atom. The van der Waals surface area contributed by atoms with E-state index >= 15 is 0 Å². The van der Waals surface area contributed by atoms with Crippen LogP contribution in [0.5, 0.6) is 5.75 Å². The molecule has 0 atom stereocenters. The lowest BCUT2D eigenvalue weighted by atomic mass is 10.3. The van der Waals surface area contributed by atoms with Gasteiger partial charge in [-0.15, -0.1) is 0 Å². The Labute approximate surface area is 149 Å². The van der Waals surface area contributed by atoms with Crippen LogP contribution < -0.4 is 15.4 Å². The third kappa shape index (κ3) is 4.23. The molecule has 1 aromatic heterocycles. The maximum absolute atomic E-state index is 5.62. The molecule has 0 aliphatic rings. The highest BCUT2D eigenvalue weighted by Crippen LogP contribution is 2.27. The molecule has 24 heavy (non-hydrogen) atoms. The highest BCUT2D eigenvalue weighted by Gasteiger charge is 2.05. The van der Waals surface area contributed by atoms with E-state index < -0.39 is 0 Å². The van der Waals surface area contributed by atoms with Gasteiger partial charge in [0.2, 0.25) is 0 Å². The molecule has 2 aromatic carbocycles. The van der Waals surface area contributed by atoms with Crippen LogP contribution in [0.1, 0.15) is 6.92 Å². The maximum Gasteiger partial charge on any atom is 0.142 e. The number of rotatable bonds is 6. The molecule has 0 radical (unpaired) electrons. The highest BCUT2D eigenvalue weighted by atomic mass is 79.9. The largest absolute Gasteiger partial charge is 0.492 e. The first kappa shape index (κ1) is 16.3. The number of nitrogens with one attached hydrogen (secondary N) is 2. The predicted octanol–water partition coefficient (Wildman–Crippen LogP) is 5.13. The fraction of sp³-hybridized carbons (Fsp3) is 0.111. The molecule has 0 saturated carbocycles. The van der Waals surface area contributed by atoms with Crippen molar-refractivity contribution in [1.82, 2.24) is 9.97 Å². The SMILES string of the molecule is CCOc1ccccc1Nc1cc(Nc2ccc(Br)cc2)ncn1. The van der Waals surface area contributed by atoms with Gasteiger partial charge in [-0.25, -0.2) is 9.97 Å². The van der Waals surface area contributed by atoms with E-state index in [1.807, 2.05) is 61.5 Å². The van der Waals surface area contributed by atoms with Gasteiger partial charge < -0.3 is 15.4 Å². The summed E-state index contributed by atoms with van der Waals surface area (Å²) in [6.07, 6.45) is 1.52. The first-order chi connectivity index (χ1) is 11.7. The fourth-order valence-corrected chi connectivity index (χ4v) is 2.43. The van der Waals surface area contributed by atoms with E-state index in [4.69, 9.17) is 4.74 Å². The van der Waals surface area contributed by atoms with Crippen molar-refractivity contribution in [3.05, 3.63) is 65.4 Å². The lowest BCUT2D eigenvalue weighted by Crippen LogP contribution is -2.01. The van der Waals surface area contributed by atoms with Gasteiger partial charge in [-0.2, -0.15) is 0 Å². The molecule has 3 rings (SSSR count). The van der Waals surface area contributed by atoms with Gasteiger partial charge in [0.1, 0.15) is 23.7 Å². The molecule has 0 amide bonds. The minimum Gasteiger partial charge on any atom is -0.492 e. The summed E-state index contributed by atoms with van der Waals surface area (Å²) >= 11 is 3.42. The number of halogens is 1. The Balaban J connectivity index is 1.77. The van der Waals surface area contributed by atoms with Crippen molar-refractivity contribution < 1.29 is 4.74 Å². The van der Waals surface area contributed by atoms with Gasteiger partial charge in [-0.1, -0.05) is 28.1 Å². The van der Waals surface area contributed by atoms with Crippen molar-refractivity contribution in [2.45, 2.75) is 6.92 Å². The molecular formula is C18H17BrN4O. The molecule has 0 spiro atoms. The van der Waals surface area contributed by atoms with E-state index in [9.17, 15) is 0 Å². The Bertz CT molecular complexity index is 808. The monoisotopic (exact) mass is 384 g/mol. The third-order valence-corrected chi connectivity index (χ3v) is 3.76. The van der Waals surface area contributed by atoms with Crippen LogP contribution in [-0.2, 0) is 0 Å². The van der Waals surface area contributed by atoms with Crippen molar-refractivity contribution in [3.8, 4) is 5.75 Å². The number of hydrogen-bond acceptors (Lipinski definition) is 5. The first-order valence-electron chi connectivity index (χ1n) is 7.58. The topological polar surface area (TPSA) is 59.1 Å². The first-order valence-corrected chi connectivity index (χ1v) is 8.37. The van der Waals surface area contributed by atoms with Crippen molar-refractivity contribution in [1.29, 1.82) is 0 Å². The molecule has 0 aliphatic carbocycles. The van der Waals surface area contributed by atoms with Crippen LogP contribution in [-0.4, -0.2) is 16.6 Å². The fourth-order valence-electron chi connectivity index (χ4n) is 2.16. The number of benzene rings is 2. The number of aromatic nitrogens is 2. The zero-order valence-corrected chi connectivity index (χ0v) is 14.7. The number of hydrogen-bond donors (Lipinski definition) is 2. The van der Waals surface area contributed by atoms with E-state index in [-0.39, 0.29) is 0 Å². The minimum absolute atomic E-state index is 0.610. The Morgan fingerprint density at radius 3 is 2.42 bits per heavy atom. The van der Waals surface area contributed by atoms with E-state index in [0.29, 0.717) is 18.2 Å². The standard InChI is InChI=1S/C18H17BrN4O/c1-2-24-16-6-4-3-5-15(16)23-18-11-17(20-12-21-18)22-14-9-7-13(19)8-10-14/h3-12H,2H2,1H3,(H2,20,21,22,23). The number of ether oxygens (including phenoxy) is 1. The van der Waals surface area contributed by atoms with E-state index in [2.05, 4.69) is 36.5 Å². The summed E-state index contributed by atoms with van der Waals surface area (Å²) in [4.78, 5) is 8.52. The predicted molar refractivity (Wildman–Crippen MR) is 100 cm³/mol. The number of para-hydroxylation sites is 2. The zero-order valence-electron chi connectivity index (χ0n) is 13.2. The molecule has 2 N–H and O–H groups in total. The minimum atomic E-state index is 0.610. The Kier molecular flexibility index (Phi) is 5.28. The lowest BCUT2D eigenvalue weighted by molar-refractivity contribution is 0.342. The molecule has 1 heterocycles. The molecule has 0 aliphatic heterocycles. The van der Waals surface area contributed by atoms with Crippen LogP contribution in [0.3, 0.4) is 0 Å². The van der Waals surface area contributed by atoms with Crippen LogP contribution in [0.15, 0.2) is 65.4 Å². The third-order valence-electron chi connectivity index (χ3n) is 3.23. The van der Waals surface area contributed by atoms with Gasteiger partial charge >= 0.3 is 0 Å². The molecular weight excluding hydrogens is 368 g/mol. The molecule has 0 saturated heterocycles. The molecule has 0 unspecified atom stereocenters. The van der Waals surface area contributed by atoms with E-state index in [1.54, 1.807) is 0 Å². The van der Waals surface area contributed by atoms with Crippen LogP contribution >= 0.6 is 15.9 Å². The van der Waals surface area contributed by atoms with Gasteiger partial charge in [0.15, 0.2) is 0 Å². The molecule has 5 nitrogen and oxygen atoms in total. The summed E-state index contributed by atoms with van der Waals surface area (Å²) in [7, 11) is 0. The summed E-state index contributed by atoms with van der Waals surface area (Å²) in [5.41, 5.74) is 1.82. The van der Waals surface area contributed by atoms with Crippen molar-refractivity contribution in [3.63, 3.8) is 0 Å². The van der Waals surface area contributed by atoms with Gasteiger partial charge in [-0.05, 0) is 43.3 Å². The second kappa shape index (κ2) is 7.79. The van der Waals surface area contributed by atoms with Crippen LogP contribution in [0.25, 0.3) is 0 Å². The summed E-state index contributed by atoms with van der Waals surface area (Å²) in [5.74, 6) is 2.20. The van der Waals surface area contributed by atoms with Crippen LogP contribution in [0.2, 0.25) is 0 Å². The Hall–Kier alpha value is -2.60. The average Bonchev–Trinajstić information content (AvgIpc) is 2.59. The van der Waals surface area contributed by atoms with E-state index in [1.165, 1.54) is 6.33 Å². The second-order valence-electron chi connectivity index (χ2n) is 4.97. The van der Waals surface area contributed by atoms with E-state index in [0.717, 1.165) is 21.6 Å². The van der Waals surface area contributed by atoms with Gasteiger partial charge in [0.05, 0.1) is 12.3 Å². The van der Waals surface area contributed by atoms with Crippen molar-refractivity contribution in [2.75, 3.05) is 17.2 Å². The lowest BCUT2D eigenvalue weighted by Gasteiger charge is -2.12. The highest BCUT2D eigenvalue weighted by molar-refractivity contribution is 9.10. The summed E-state index contributed by atoms with van der Waals surface area (Å²) in [6.45, 7) is 2.57. The average molecular weight is 385 g/mol. The second-order valence-corrected chi connectivity index (χ2v) is 5.89. The van der Waals surface area contributed by atoms with Crippen LogP contribution in [0, 0.1) is 0 Å². The smallest absolute Gasteiger partial charge is 0.142 e. The normalized spacial score (nSPS) is 10.2. The number of anilines is 4. The quantitative estimate of drug-likeness (QED) is 0.617. The zero-order chi connectivity index (χ0) is 16.8.